The molecule has 1 unspecified atom stereocenters. The Morgan fingerprint density at radius 1 is 1.33 bits per heavy atom. The standard InChI is InChI=1S/C15H20N2O/c1-3-17-15(8-10-18-2)14-6-4-5-12-11-16-9-7-13(12)14/h4-7,9,11,15,17H,3,8,10H2,1-2H3. The molecule has 0 saturated heterocycles. The number of benzene rings is 1. The van der Waals surface area contributed by atoms with Crippen LogP contribution in [-0.2, 0) is 4.74 Å². The predicted molar refractivity (Wildman–Crippen MR) is 74.7 cm³/mol. The first kappa shape index (κ1) is 13.0. The van der Waals surface area contributed by atoms with Crippen molar-refractivity contribution in [3.8, 4) is 0 Å². The molecular formula is C15H20N2O. The van der Waals surface area contributed by atoms with Crippen LogP contribution < -0.4 is 5.32 Å². The van der Waals surface area contributed by atoms with E-state index >= 15 is 0 Å². The fourth-order valence-electron chi connectivity index (χ4n) is 2.30. The molecule has 3 nitrogen and oxygen atoms in total. The van der Waals surface area contributed by atoms with Crippen LogP contribution in [0.5, 0.6) is 0 Å². The number of aromatic nitrogens is 1. The molecule has 1 N–H and O–H groups in total. The number of pyridine rings is 1. The van der Waals surface area contributed by atoms with E-state index in [0.717, 1.165) is 19.6 Å². The molecule has 0 spiro atoms. The van der Waals surface area contributed by atoms with E-state index < -0.39 is 0 Å². The maximum atomic E-state index is 5.20. The van der Waals surface area contributed by atoms with Gasteiger partial charge < -0.3 is 10.1 Å². The van der Waals surface area contributed by atoms with E-state index in [0.29, 0.717) is 6.04 Å². The summed E-state index contributed by atoms with van der Waals surface area (Å²) in [5.74, 6) is 0. The predicted octanol–water partition coefficient (Wildman–Crippen LogP) is 2.92. The molecule has 0 aliphatic carbocycles. The largest absolute Gasteiger partial charge is 0.385 e. The number of fused-ring (bicyclic) bond motifs is 1. The third-order valence-corrected chi connectivity index (χ3v) is 3.15. The van der Waals surface area contributed by atoms with Crippen LogP contribution in [0.2, 0.25) is 0 Å². The molecule has 0 radical (unpaired) electrons. The molecule has 0 aliphatic rings. The Balaban J connectivity index is 2.36. The van der Waals surface area contributed by atoms with E-state index in [1.54, 1.807) is 7.11 Å². The molecule has 0 aliphatic heterocycles. The fourth-order valence-corrected chi connectivity index (χ4v) is 2.30. The minimum atomic E-state index is 0.334. The van der Waals surface area contributed by atoms with Crippen molar-refractivity contribution in [1.29, 1.82) is 0 Å². The van der Waals surface area contributed by atoms with Gasteiger partial charge in [-0.05, 0) is 30.0 Å². The van der Waals surface area contributed by atoms with Crippen molar-refractivity contribution in [3.05, 3.63) is 42.2 Å². The average molecular weight is 244 g/mol. The lowest BCUT2D eigenvalue weighted by Crippen LogP contribution is -2.22. The van der Waals surface area contributed by atoms with Crippen LogP contribution in [0.15, 0.2) is 36.7 Å². The Labute approximate surface area is 108 Å². The molecule has 0 bridgehead atoms. The number of methoxy groups -OCH3 is 1. The highest BCUT2D eigenvalue weighted by Gasteiger charge is 2.12. The van der Waals surface area contributed by atoms with Gasteiger partial charge in [-0.25, -0.2) is 0 Å². The second kappa shape index (κ2) is 6.47. The third kappa shape index (κ3) is 2.86. The molecular weight excluding hydrogens is 224 g/mol. The number of nitrogens with zero attached hydrogens (tertiary/aromatic N) is 1. The van der Waals surface area contributed by atoms with Crippen molar-refractivity contribution in [2.24, 2.45) is 0 Å². The summed E-state index contributed by atoms with van der Waals surface area (Å²) in [5.41, 5.74) is 1.33. The van der Waals surface area contributed by atoms with Crippen LogP contribution in [0, 0.1) is 0 Å². The average Bonchev–Trinajstić information content (AvgIpc) is 2.43. The van der Waals surface area contributed by atoms with Crippen molar-refractivity contribution < 1.29 is 4.74 Å². The molecule has 2 rings (SSSR count). The summed E-state index contributed by atoms with van der Waals surface area (Å²) in [5, 5.41) is 5.99. The van der Waals surface area contributed by atoms with Crippen molar-refractivity contribution in [1.82, 2.24) is 10.3 Å². The molecule has 3 heteroatoms. The summed E-state index contributed by atoms with van der Waals surface area (Å²) in [4.78, 5) is 4.18. The van der Waals surface area contributed by atoms with Gasteiger partial charge in [0.25, 0.3) is 0 Å². The van der Waals surface area contributed by atoms with Gasteiger partial charge in [-0.1, -0.05) is 25.1 Å². The Morgan fingerprint density at radius 2 is 2.22 bits per heavy atom. The third-order valence-electron chi connectivity index (χ3n) is 3.15. The van der Waals surface area contributed by atoms with E-state index in [-0.39, 0.29) is 0 Å². The molecule has 1 atom stereocenters. The highest BCUT2D eigenvalue weighted by Crippen LogP contribution is 2.25. The van der Waals surface area contributed by atoms with E-state index in [1.807, 2.05) is 12.4 Å². The lowest BCUT2D eigenvalue weighted by Gasteiger charge is -2.19. The van der Waals surface area contributed by atoms with Crippen LogP contribution in [0.1, 0.15) is 24.9 Å². The normalized spacial score (nSPS) is 12.8. The first-order valence-electron chi connectivity index (χ1n) is 6.41. The van der Waals surface area contributed by atoms with Crippen LogP contribution in [0.3, 0.4) is 0 Å². The van der Waals surface area contributed by atoms with Gasteiger partial charge in [0.05, 0.1) is 0 Å². The molecule has 1 aromatic heterocycles. The second-order valence-corrected chi connectivity index (χ2v) is 4.34. The van der Waals surface area contributed by atoms with Gasteiger partial charge in [0, 0.05) is 37.5 Å². The summed E-state index contributed by atoms with van der Waals surface area (Å²) in [7, 11) is 1.75. The van der Waals surface area contributed by atoms with Gasteiger partial charge in [0.2, 0.25) is 0 Å². The van der Waals surface area contributed by atoms with E-state index in [1.165, 1.54) is 16.3 Å². The summed E-state index contributed by atoms with van der Waals surface area (Å²) in [6.07, 6.45) is 4.75. The molecule has 1 heterocycles. The van der Waals surface area contributed by atoms with E-state index in [2.05, 4.69) is 41.5 Å². The Kier molecular flexibility index (Phi) is 4.67. The Bertz CT molecular complexity index is 493. The van der Waals surface area contributed by atoms with Crippen LogP contribution >= 0.6 is 0 Å². The maximum Gasteiger partial charge on any atom is 0.0480 e. The van der Waals surface area contributed by atoms with Gasteiger partial charge in [0.1, 0.15) is 0 Å². The molecule has 0 amide bonds. The molecule has 2 aromatic rings. The lowest BCUT2D eigenvalue weighted by molar-refractivity contribution is 0.183. The summed E-state index contributed by atoms with van der Waals surface area (Å²) >= 11 is 0. The van der Waals surface area contributed by atoms with Gasteiger partial charge in [-0.3, -0.25) is 4.98 Å². The number of hydrogen-bond acceptors (Lipinski definition) is 3. The molecule has 1 aromatic carbocycles. The summed E-state index contributed by atoms with van der Waals surface area (Å²) in [6, 6.07) is 8.80. The van der Waals surface area contributed by atoms with Crippen molar-refractivity contribution in [2.75, 3.05) is 20.3 Å². The highest BCUT2D eigenvalue weighted by molar-refractivity contribution is 5.85. The van der Waals surface area contributed by atoms with Gasteiger partial charge in [-0.2, -0.15) is 0 Å². The number of hydrogen-bond donors (Lipinski definition) is 1. The zero-order valence-corrected chi connectivity index (χ0v) is 11.0. The van der Waals surface area contributed by atoms with Crippen LogP contribution in [0.25, 0.3) is 10.8 Å². The Hall–Kier alpha value is -1.45. The number of ether oxygens (including phenoxy) is 1. The number of nitrogens with one attached hydrogen (secondary N) is 1. The fraction of sp³-hybridized carbons (Fsp3) is 0.400. The van der Waals surface area contributed by atoms with Gasteiger partial charge in [-0.15, -0.1) is 0 Å². The van der Waals surface area contributed by atoms with E-state index in [4.69, 9.17) is 4.74 Å². The summed E-state index contributed by atoms with van der Waals surface area (Å²) in [6.45, 7) is 3.85. The van der Waals surface area contributed by atoms with Gasteiger partial charge >= 0.3 is 0 Å². The van der Waals surface area contributed by atoms with E-state index in [9.17, 15) is 0 Å². The smallest absolute Gasteiger partial charge is 0.0480 e. The van der Waals surface area contributed by atoms with Crippen molar-refractivity contribution in [2.45, 2.75) is 19.4 Å². The topological polar surface area (TPSA) is 34.1 Å². The molecule has 18 heavy (non-hydrogen) atoms. The maximum absolute atomic E-state index is 5.20. The van der Waals surface area contributed by atoms with Crippen molar-refractivity contribution in [3.63, 3.8) is 0 Å². The van der Waals surface area contributed by atoms with Gasteiger partial charge in [0.15, 0.2) is 0 Å². The SMILES string of the molecule is CCNC(CCOC)c1cccc2cnccc12. The Morgan fingerprint density at radius 3 is 3.00 bits per heavy atom. The zero-order chi connectivity index (χ0) is 12.8. The monoisotopic (exact) mass is 244 g/mol. The quantitative estimate of drug-likeness (QED) is 0.848. The van der Waals surface area contributed by atoms with Crippen molar-refractivity contribution >= 4 is 10.8 Å². The zero-order valence-electron chi connectivity index (χ0n) is 11.0. The molecule has 0 fully saturated rings. The van der Waals surface area contributed by atoms with Crippen LogP contribution in [0.4, 0.5) is 0 Å². The summed E-state index contributed by atoms with van der Waals surface area (Å²) < 4.78 is 5.20. The first-order valence-corrected chi connectivity index (χ1v) is 6.41. The van der Waals surface area contributed by atoms with Crippen LogP contribution in [-0.4, -0.2) is 25.2 Å². The second-order valence-electron chi connectivity index (χ2n) is 4.34. The molecule has 96 valence electrons. The minimum absolute atomic E-state index is 0.334. The lowest BCUT2D eigenvalue weighted by atomic mass is 9.98. The molecule has 0 saturated carbocycles. The first-order chi connectivity index (χ1) is 8.86. The number of rotatable bonds is 6. The minimum Gasteiger partial charge on any atom is -0.385 e. The highest BCUT2D eigenvalue weighted by atomic mass is 16.5.